The first-order chi connectivity index (χ1) is 9.16. The van der Waals surface area contributed by atoms with Crippen molar-refractivity contribution in [3.05, 3.63) is 58.6 Å². The summed E-state index contributed by atoms with van der Waals surface area (Å²) in [5.74, 6) is -0.0194. The molecule has 2 rings (SSSR count). The van der Waals surface area contributed by atoms with Gasteiger partial charge in [0.1, 0.15) is 4.60 Å². The monoisotopic (exact) mass is 319 g/mol. The van der Waals surface area contributed by atoms with Gasteiger partial charge in [0.25, 0.3) is 5.91 Å². The number of nitrogens with zero attached hydrogens (tertiary/aromatic N) is 3. The van der Waals surface area contributed by atoms with Crippen molar-refractivity contribution in [3.63, 3.8) is 0 Å². The van der Waals surface area contributed by atoms with Crippen molar-refractivity contribution in [2.45, 2.75) is 6.42 Å². The van der Waals surface area contributed by atoms with E-state index in [9.17, 15) is 4.79 Å². The average Bonchev–Trinajstić information content (AvgIpc) is 2.46. The zero-order chi connectivity index (χ0) is 13.7. The van der Waals surface area contributed by atoms with Crippen LogP contribution < -0.4 is 0 Å². The first-order valence-electron chi connectivity index (χ1n) is 5.93. The number of hydrogen-bond acceptors (Lipinski definition) is 3. The van der Waals surface area contributed by atoms with Crippen LogP contribution in [0.2, 0.25) is 0 Å². The number of pyridine rings is 2. The van der Waals surface area contributed by atoms with E-state index >= 15 is 0 Å². The Balaban J connectivity index is 1.94. The minimum absolute atomic E-state index is 0.0194. The highest BCUT2D eigenvalue weighted by molar-refractivity contribution is 9.10. The fourth-order valence-corrected chi connectivity index (χ4v) is 1.91. The summed E-state index contributed by atoms with van der Waals surface area (Å²) in [5, 5.41) is 0. The zero-order valence-corrected chi connectivity index (χ0v) is 12.2. The summed E-state index contributed by atoms with van der Waals surface area (Å²) < 4.78 is 0.725. The van der Waals surface area contributed by atoms with Gasteiger partial charge < -0.3 is 4.90 Å². The number of likely N-dealkylation sites (N-methyl/N-ethyl adjacent to an activating group) is 1. The molecule has 0 saturated heterocycles. The summed E-state index contributed by atoms with van der Waals surface area (Å²) in [5.41, 5.74) is 1.77. The normalized spacial score (nSPS) is 10.2. The van der Waals surface area contributed by atoms with Crippen LogP contribution >= 0.6 is 15.9 Å². The first kappa shape index (κ1) is 13.7. The van der Waals surface area contributed by atoms with Gasteiger partial charge in [-0.3, -0.25) is 9.78 Å². The van der Waals surface area contributed by atoms with E-state index in [1.54, 1.807) is 42.7 Å². The third-order valence-electron chi connectivity index (χ3n) is 2.81. The van der Waals surface area contributed by atoms with Crippen molar-refractivity contribution in [1.29, 1.82) is 0 Å². The molecule has 2 heterocycles. The van der Waals surface area contributed by atoms with Crippen molar-refractivity contribution in [2.75, 3.05) is 13.6 Å². The zero-order valence-electron chi connectivity index (χ0n) is 10.6. The lowest BCUT2D eigenvalue weighted by Gasteiger charge is -2.17. The van der Waals surface area contributed by atoms with E-state index in [0.29, 0.717) is 12.1 Å². The predicted molar refractivity (Wildman–Crippen MR) is 76.8 cm³/mol. The largest absolute Gasteiger partial charge is 0.341 e. The van der Waals surface area contributed by atoms with Gasteiger partial charge in [-0.2, -0.15) is 0 Å². The Morgan fingerprint density at radius 1 is 1.26 bits per heavy atom. The van der Waals surface area contributed by atoms with Gasteiger partial charge in [0.2, 0.25) is 0 Å². The molecule has 0 aliphatic carbocycles. The number of carbonyl (C=O) groups excluding carboxylic acids is 1. The lowest BCUT2D eigenvalue weighted by molar-refractivity contribution is 0.0796. The lowest BCUT2D eigenvalue weighted by atomic mass is 10.2. The second-order valence-electron chi connectivity index (χ2n) is 4.20. The molecule has 5 heteroatoms. The van der Waals surface area contributed by atoms with Crippen molar-refractivity contribution in [2.24, 2.45) is 0 Å². The molecule has 0 radical (unpaired) electrons. The average molecular weight is 320 g/mol. The summed E-state index contributed by atoms with van der Waals surface area (Å²) in [6, 6.07) is 7.45. The van der Waals surface area contributed by atoms with Crippen LogP contribution in [0.3, 0.4) is 0 Å². The van der Waals surface area contributed by atoms with Gasteiger partial charge >= 0.3 is 0 Å². The highest BCUT2D eigenvalue weighted by atomic mass is 79.9. The van der Waals surface area contributed by atoms with E-state index in [4.69, 9.17) is 0 Å². The van der Waals surface area contributed by atoms with Gasteiger partial charge in [-0.05, 0) is 52.2 Å². The van der Waals surface area contributed by atoms with Crippen LogP contribution in [0.5, 0.6) is 0 Å². The summed E-state index contributed by atoms with van der Waals surface area (Å²) >= 11 is 3.25. The molecule has 2 aromatic heterocycles. The number of hydrogen-bond donors (Lipinski definition) is 0. The van der Waals surface area contributed by atoms with Gasteiger partial charge in [-0.1, -0.05) is 0 Å². The van der Waals surface area contributed by atoms with E-state index in [0.717, 1.165) is 11.0 Å². The highest BCUT2D eigenvalue weighted by Gasteiger charge is 2.11. The number of carbonyl (C=O) groups is 1. The fourth-order valence-electron chi connectivity index (χ4n) is 1.67. The second kappa shape index (κ2) is 6.43. The molecule has 0 N–H and O–H groups in total. The van der Waals surface area contributed by atoms with E-state index in [2.05, 4.69) is 25.9 Å². The molecule has 0 aliphatic rings. The predicted octanol–water partition coefficient (Wildman–Crippen LogP) is 2.55. The Bertz CT molecular complexity index is 542. The van der Waals surface area contributed by atoms with Crippen LogP contribution in [-0.4, -0.2) is 34.4 Å². The Morgan fingerprint density at radius 3 is 2.63 bits per heavy atom. The van der Waals surface area contributed by atoms with Gasteiger partial charge in [-0.25, -0.2) is 4.98 Å². The van der Waals surface area contributed by atoms with Crippen molar-refractivity contribution in [1.82, 2.24) is 14.9 Å². The Kier molecular flexibility index (Phi) is 4.63. The SMILES string of the molecule is CN(CCc1ccncc1)C(=O)c1ccc(Br)nc1. The molecule has 0 fully saturated rings. The maximum Gasteiger partial charge on any atom is 0.255 e. The van der Waals surface area contributed by atoms with Crippen LogP contribution in [0, 0.1) is 0 Å². The maximum absolute atomic E-state index is 12.1. The maximum atomic E-state index is 12.1. The van der Waals surface area contributed by atoms with Gasteiger partial charge in [0.05, 0.1) is 5.56 Å². The molecule has 98 valence electrons. The molecule has 0 atom stereocenters. The van der Waals surface area contributed by atoms with Crippen molar-refractivity contribution in [3.8, 4) is 0 Å². The van der Waals surface area contributed by atoms with Crippen LogP contribution in [0.15, 0.2) is 47.5 Å². The third-order valence-corrected chi connectivity index (χ3v) is 3.28. The van der Waals surface area contributed by atoms with Gasteiger partial charge in [0.15, 0.2) is 0 Å². The first-order valence-corrected chi connectivity index (χ1v) is 6.72. The smallest absolute Gasteiger partial charge is 0.255 e. The third kappa shape index (κ3) is 3.86. The van der Waals surface area contributed by atoms with Crippen molar-refractivity contribution >= 4 is 21.8 Å². The van der Waals surface area contributed by atoms with Crippen LogP contribution in [0.1, 0.15) is 15.9 Å². The number of aromatic nitrogens is 2. The Labute approximate surface area is 120 Å². The van der Waals surface area contributed by atoms with Gasteiger partial charge in [-0.15, -0.1) is 0 Å². The van der Waals surface area contributed by atoms with E-state index in [1.165, 1.54) is 5.56 Å². The molecule has 2 aromatic rings. The highest BCUT2D eigenvalue weighted by Crippen LogP contribution is 2.09. The van der Waals surface area contributed by atoms with E-state index in [-0.39, 0.29) is 5.91 Å². The summed E-state index contributed by atoms with van der Waals surface area (Å²) in [6.45, 7) is 0.666. The topological polar surface area (TPSA) is 46.1 Å². The van der Waals surface area contributed by atoms with Gasteiger partial charge in [0, 0.05) is 32.2 Å². The van der Waals surface area contributed by atoms with Crippen LogP contribution in [-0.2, 0) is 6.42 Å². The minimum atomic E-state index is -0.0194. The summed E-state index contributed by atoms with van der Waals surface area (Å²) in [4.78, 5) is 21.9. The molecule has 0 spiro atoms. The molecule has 0 unspecified atom stereocenters. The number of rotatable bonds is 4. The van der Waals surface area contributed by atoms with Crippen LogP contribution in [0.4, 0.5) is 0 Å². The van der Waals surface area contributed by atoms with E-state index in [1.807, 2.05) is 12.1 Å². The van der Waals surface area contributed by atoms with Crippen LogP contribution in [0.25, 0.3) is 0 Å². The molecule has 0 aliphatic heterocycles. The Hall–Kier alpha value is -1.75. The number of amides is 1. The Morgan fingerprint density at radius 2 is 2.00 bits per heavy atom. The molecule has 4 nitrogen and oxygen atoms in total. The molecule has 1 amide bonds. The summed E-state index contributed by atoms with van der Waals surface area (Å²) in [6.07, 6.45) is 5.91. The second-order valence-corrected chi connectivity index (χ2v) is 5.01. The van der Waals surface area contributed by atoms with Crippen molar-refractivity contribution < 1.29 is 4.79 Å². The lowest BCUT2D eigenvalue weighted by Crippen LogP contribution is -2.28. The molecule has 0 aromatic carbocycles. The molecule has 0 saturated carbocycles. The molecule has 0 bridgehead atoms. The minimum Gasteiger partial charge on any atom is -0.341 e. The number of halogens is 1. The fraction of sp³-hybridized carbons (Fsp3) is 0.214. The molecule has 19 heavy (non-hydrogen) atoms. The van der Waals surface area contributed by atoms with E-state index < -0.39 is 0 Å². The molecular weight excluding hydrogens is 306 g/mol. The standard InChI is InChI=1S/C14H14BrN3O/c1-18(9-6-11-4-7-16-8-5-11)14(19)12-2-3-13(15)17-10-12/h2-5,7-8,10H,6,9H2,1H3. The quantitative estimate of drug-likeness (QED) is 0.814. The molecular formula is C14H14BrN3O. The summed E-state index contributed by atoms with van der Waals surface area (Å²) in [7, 11) is 1.80.